The fourth-order valence-corrected chi connectivity index (χ4v) is 2.87. The molecule has 1 fully saturated rings. The highest BCUT2D eigenvalue weighted by Gasteiger charge is 2.42. The van der Waals surface area contributed by atoms with Gasteiger partial charge < -0.3 is 8.85 Å². The van der Waals surface area contributed by atoms with Crippen molar-refractivity contribution in [2.75, 3.05) is 14.2 Å². The summed E-state index contributed by atoms with van der Waals surface area (Å²) >= 11 is 0. The molecule has 0 saturated carbocycles. The zero-order valence-corrected chi connectivity index (χ0v) is 6.44. The minimum Gasteiger partial charge on any atom is -0.398 e. The van der Waals surface area contributed by atoms with Crippen LogP contribution >= 0.6 is 0 Å². The van der Waals surface area contributed by atoms with Crippen LogP contribution in [0.25, 0.3) is 0 Å². The normalized spacial score (nSPS) is 24.8. The van der Waals surface area contributed by atoms with Crippen molar-refractivity contribution in [2.24, 2.45) is 0 Å². The lowest BCUT2D eigenvalue weighted by Crippen LogP contribution is -2.46. The smallest absolute Gasteiger partial charge is 0.337 e. The predicted molar refractivity (Wildman–Crippen MR) is 34.0 cm³/mol. The number of hydrogen-bond donors (Lipinski definition) is 0. The zero-order valence-electron chi connectivity index (χ0n) is 5.44. The summed E-state index contributed by atoms with van der Waals surface area (Å²) in [4.78, 5) is 0. The van der Waals surface area contributed by atoms with Gasteiger partial charge in [-0.25, -0.2) is 0 Å². The standard InChI is InChI=1S/C5H12O2Si/c1-6-8(7-2)4-3-5-8/h3-5H2,1-2H3. The fraction of sp³-hybridized carbons (Fsp3) is 1.00. The predicted octanol–water partition coefficient (Wildman–Crippen LogP) is 1.13. The first-order valence-corrected chi connectivity index (χ1v) is 5.16. The topological polar surface area (TPSA) is 18.5 Å². The highest BCUT2D eigenvalue weighted by atomic mass is 28.4. The Labute approximate surface area is 51.0 Å². The van der Waals surface area contributed by atoms with Crippen LogP contribution in [0.15, 0.2) is 0 Å². The zero-order chi connectivity index (χ0) is 6.04. The maximum atomic E-state index is 5.24. The van der Waals surface area contributed by atoms with E-state index in [1.807, 2.05) is 0 Å². The molecule has 2 nitrogen and oxygen atoms in total. The second kappa shape index (κ2) is 2.17. The third-order valence-corrected chi connectivity index (χ3v) is 5.58. The highest BCUT2D eigenvalue weighted by molar-refractivity contribution is 6.70. The van der Waals surface area contributed by atoms with Gasteiger partial charge in [0, 0.05) is 14.2 Å². The van der Waals surface area contributed by atoms with Gasteiger partial charge >= 0.3 is 8.56 Å². The second-order valence-corrected chi connectivity index (χ2v) is 5.81. The molecule has 1 aliphatic rings. The molecule has 0 atom stereocenters. The first-order chi connectivity index (χ1) is 3.83. The van der Waals surface area contributed by atoms with Gasteiger partial charge in [-0.15, -0.1) is 0 Å². The van der Waals surface area contributed by atoms with Gasteiger partial charge in [0.25, 0.3) is 0 Å². The molecule has 0 radical (unpaired) electrons. The Hall–Kier alpha value is 0.137. The van der Waals surface area contributed by atoms with Crippen molar-refractivity contribution in [2.45, 2.75) is 18.5 Å². The summed E-state index contributed by atoms with van der Waals surface area (Å²) in [6.45, 7) is 0. The minimum atomic E-state index is -1.49. The molecule has 0 aromatic carbocycles. The van der Waals surface area contributed by atoms with E-state index in [0.29, 0.717) is 0 Å². The van der Waals surface area contributed by atoms with Gasteiger partial charge in [-0.3, -0.25) is 0 Å². The SMILES string of the molecule is CO[Si]1(OC)CCC1. The summed E-state index contributed by atoms with van der Waals surface area (Å²) < 4.78 is 10.5. The van der Waals surface area contributed by atoms with Crippen molar-refractivity contribution in [1.29, 1.82) is 0 Å². The molecule has 1 rings (SSSR count). The second-order valence-electron chi connectivity index (χ2n) is 2.17. The lowest BCUT2D eigenvalue weighted by molar-refractivity contribution is 0.223. The highest BCUT2D eigenvalue weighted by Crippen LogP contribution is 2.32. The van der Waals surface area contributed by atoms with Crippen LogP contribution in [-0.2, 0) is 8.85 Å². The summed E-state index contributed by atoms with van der Waals surface area (Å²) in [7, 11) is 2.03. The van der Waals surface area contributed by atoms with E-state index in [4.69, 9.17) is 8.85 Å². The van der Waals surface area contributed by atoms with E-state index in [2.05, 4.69) is 0 Å². The van der Waals surface area contributed by atoms with Crippen LogP contribution < -0.4 is 0 Å². The Morgan fingerprint density at radius 2 is 1.62 bits per heavy atom. The van der Waals surface area contributed by atoms with E-state index in [9.17, 15) is 0 Å². The molecule has 0 aromatic heterocycles. The molecule has 1 saturated heterocycles. The molecule has 0 aromatic rings. The van der Waals surface area contributed by atoms with Gasteiger partial charge in [0.2, 0.25) is 0 Å². The summed E-state index contributed by atoms with van der Waals surface area (Å²) in [5.41, 5.74) is 0. The monoisotopic (exact) mass is 132 g/mol. The molecule has 0 aliphatic carbocycles. The molecule has 0 amide bonds. The lowest BCUT2D eigenvalue weighted by atomic mass is 10.5. The van der Waals surface area contributed by atoms with Gasteiger partial charge in [0.15, 0.2) is 0 Å². The van der Waals surface area contributed by atoms with Gasteiger partial charge in [0.05, 0.1) is 0 Å². The molecule has 0 unspecified atom stereocenters. The van der Waals surface area contributed by atoms with Crippen LogP contribution in [0, 0.1) is 0 Å². The Balaban J connectivity index is 2.33. The third kappa shape index (κ3) is 0.810. The maximum absolute atomic E-state index is 5.24. The van der Waals surface area contributed by atoms with Crippen molar-refractivity contribution in [1.82, 2.24) is 0 Å². The molecule has 48 valence electrons. The molecule has 1 aliphatic heterocycles. The molecule has 3 heteroatoms. The van der Waals surface area contributed by atoms with Crippen LogP contribution in [0.1, 0.15) is 6.42 Å². The summed E-state index contributed by atoms with van der Waals surface area (Å²) in [6, 6.07) is 2.39. The number of hydrogen-bond acceptors (Lipinski definition) is 2. The van der Waals surface area contributed by atoms with E-state index in [1.165, 1.54) is 18.5 Å². The number of rotatable bonds is 2. The average molecular weight is 132 g/mol. The van der Waals surface area contributed by atoms with Gasteiger partial charge in [-0.1, -0.05) is 0 Å². The van der Waals surface area contributed by atoms with Crippen molar-refractivity contribution in [3.05, 3.63) is 0 Å². The molecule has 8 heavy (non-hydrogen) atoms. The molecule has 1 heterocycles. The molecule has 0 bridgehead atoms. The molecular formula is C5H12O2Si. The van der Waals surface area contributed by atoms with Crippen LogP contribution in [-0.4, -0.2) is 22.8 Å². The summed E-state index contributed by atoms with van der Waals surface area (Å²) in [5, 5.41) is 0. The first-order valence-electron chi connectivity index (χ1n) is 2.93. The van der Waals surface area contributed by atoms with E-state index >= 15 is 0 Å². The van der Waals surface area contributed by atoms with Crippen molar-refractivity contribution >= 4 is 8.56 Å². The van der Waals surface area contributed by atoms with Crippen LogP contribution in [0.3, 0.4) is 0 Å². The Morgan fingerprint density at radius 1 is 1.12 bits per heavy atom. The maximum Gasteiger partial charge on any atom is 0.337 e. The van der Waals surface area contributed by atoms with Crippen LogP contribution in [0.2, 0.25) is 12.1 Å². The van der Waals surface area contributed by atoms with E-state index in [0.717, 1.165) is 0 Å². The lowest BCUT2D eigenvalue weighted by Gasteiger charge is -2.34. The molecule has 0 N–H and O–H groups in total. The fourth-order valence-electron chi connectivity index (χ4n) is 0.957. The Morgan fingerprint density at radius 3 is 1.62 bits per heavy atom. The Kier molecular flexibility index (Phi) is 1.70. The minimum absolute atomic E-state index is 1.19. The summed E-state index contributed by atoms with van der Waals surface area (Å²) in [6.07, 6.45) is 1.30. The van der Waals surface area contributed by atoms with Crippen LogP contribution in [0.5, 0.6) is 0 Å². The van der Waals surface area contributed by atoms with Gasteiger partial charge in [-0.2, -0.15) is 0 Å². The van der Waals surface area contributed by atoms with Gasteiger partial charge in [-0.05, 0) is 18.5 Å². The summed E-state index contributed by atoms with van der Waals surface area (Å²) in [5.74, 6) is 0. The van der Waals surface area contributed by atoms with E-state index in [-0.39, 0.29) is 0 Å². The van der Waals surface area contributed by atoms with Crippen molar-refractivity contribution in [3.8, 4) is 0 Å². The van der Waals surface area contributed by atoms with Crippen molar-refractivity contribution < 1.29 is 8.85 Å². The molecule has 0 spiro atoms. The van der Waals surface area contributed by atoms with E-state index in [1.54, 1.807) is 14.2 Å². The third-order valence-electron chi connectivity index (χ3n) is 1.86. The van der Waals surface area contributed by atoms with Crippen molar-refractivity contribution in [3.63, 3.8) is 0 Å². The Bertz CT molecular complexity index is 67.0. The largest absolute Gasteiger partial charge is 0.398 e. The quantitative estimate of drug-likeness (QED) is 0.524. The van der Waals surface area contributed by atoms with E-state index < -0.39 is 8.56 Å². The van der Waals surface area contributed by atoms with Crippen LogP contribution in [0.4, 0.5) is 0 Å². The first kappa shape index (κ1) is 6.26. The van der Waals surface area contributed by atoms with Gasteiger partial charge in [0.1, 0.15) is 0 Å². The average Bonchev–Trinajstić information content (AvgIpc) is 1.67. The molecular weight excluding hydrogens is 120 g/mol.